The molecule has 68 heavy (non-hydrogen) atoms. The number of carboxylic acids is 1. The quantitative estimate of drug-likeness (QED) is 0.106. The van der Waals surface area contributed by atoms with Crippen molar-refractivity contribution >= 4 is 5.97 Å². The molecule has 23 heteroatoms. The number of aliphatic carboxylic acids is 1. The van der Waals surface area contributed by atoms with Crippen molar-refractivity contribution in [3.8, 4) is 0 Å². The van der Waals surface area contributed by atoms with Crippen LogP contribution < -0.4 is 0 Å². The second-order valence-electron chi connectivity index (χ2n) is 8.05. The lowest BCUT2D eigenvalue weighted by molar-refractivity contribution is -0.133. The third-order valence-electron chi connectivity index (χ3n) is 1.11. The topological polar surface area (TPSA) is 440 Å². The minimum absolute atomic E-state index is 0.147. The smallest absolute Gasteiger partial charge is 0.334 e. The molecule has 444 valence electrons. The Kier molecular flexibility index (Phi) is 611. The van der Waals surface area contributed by atoms with Crippen molar-refractivity contribution in [2.24, 2.45) is 0 Å². The third kappa shape index (κ3) is 3020. The third-order valence-corrected chi connectivity index (χ3v) is 1.11. The highest BCUT2D eigenvalue weighted by molar-refractivity contribution is 5.85. The Morgan fingerprint density at radius 1 is 0.324 bits per heavy atom. The Balaban J connectivity index is -0.0000000203. The molecule has 23 nitrogen and oxygen atoms in total. The molecule has 0 aliphatic carbocycles. The molecule has 0 aromatic carbocycles. The van der Waals surface area contributed by atoms with Crippen molar-refractivity contribution < 1.29 is 116 Å². The van der Waals surface area contributed by atoms with Crippen molar-refractivity contribution in [3.63, 3.8) is 0 Å². The summed E-state index contributed by atoms with van der Waals surface area (Å²) in [5, 5.41) is 152. The van der Waals surface area contributed by atoms with Crippen LogP contribution in [0.3, 0.4) is 0 Å². The molecule has 1 atom stereocenters. The van der Waals surface area contributed by atoms with E-state index >= 15 is 0 Å². The van der Waals surface area contributed by atoms with Gasteiger partial charge in [0.1, 0.15) is 0 Å². The first-order valence-electron chi connectivity index (χ1n) is 22.6. The molecule has 0 aliphatic heterocycles. The fraction of sp³-hybridized carbons (Fsp3) is 0.933. The van der Waals surface area contributed by atoms with Crippen LogP contribution in [-0.2, 0) is 14.3 Å². The van der Waals surface area contributed by atoms with Gasteiger partial charge in [0.15, 0.2) is 6.29 Å². The number of methoxy groups -OCH3 is 1. The van der Waals surface area contributed by atoms with Gasteiger partial charge >= 0.3 is 5.97 Å². The van der Waals surface area contributed by atoms with Gasteiger partial charge in [0, 0.05) is 133 Å². The first kappa shape index (κ1) is 132. The van der Waals surface area contributed by atoms with E-state index in [1.165, 1.54) is 14.0 Å². The summed E-state index contributed by atoms with van der Waals surface area (Å²) in [6.07, 6.45) is 0.751. The molecule has 0 heterocycles. The lowest BCUT2D eigenvalue weighted by Gasteiger charge is -2.08. The molecule has 0 amide bonds. The van der Waals surface area contributed by atoms with Gasteiger partial charge in [-0.25, -0.2) is 4.79 Å². The molecule has 0 aromatic rings. The van der Waals surface area contributed by atoms with E-state index < -0.39 is 12.3 Å². The summed E-state index contributed by atoms with van der Waals surface area (Å²) in [5.74, 6) is -0.992. The number of aliphatic hydroxyl groups is 19. The summed E-state index contributed by atoms with van der Waals surface area (Å²) < 4.78 is 9.57. The van der Waals surface area contributed by atoms with E-state index in [1.807, 2.05) is 0 Å². The zero-order valence-corrected chi connectivity index (χ0v) is 47.8. The zero-order chi connectivity index (χ0) is 60.3. The summed E-state index contributed by atoms with van der Waals surface area (Å²) >= 11 is 0. The maximum Gasteiger partial charge on any atom is 0.334 e. The van der Waals surface area contributed by atoms with Crippen LogP contribution in [0.2, 0.25) is 0 Å². The molecule has 0 rings (SSSR count). The van der Waals surface area contributed by atoms with Crippen LogP contribution in [-0.4, -0.2) is 247 Å². The number of ether oxygens (including phenoxy) is 2. The fourth-order valence-electron chi connectivity index (χ4n) is 0.304. The van der Waals surface area contributed by atoms with Crippen LogP contribution in [0, 0.1) is 0 Å². The fourth-order valence-corrected chi connectivity index (χ4v) is 0.304. The first-order chi connectivity index (χ1) is 31.9. The molecule has 1 unspecified atom stereocenters. The number of hydrogen-bond donors (Lipinski definition) is 20. The Morgan fingerprint density at radius 2 is 0.412 bits per heavy atom. The van der Waals surface area contributed by atoms with Crippen molar-refractivity contribution in [2.45, 2.75) is 152 Å². The zero-order valence-electron chi connectivity index (χ0n) is 47.8. The van der Waals surface area contributed by atoms with E-state index in [1.54, 1.807) is 138 Å². The highest BCUT2D eigenvalue weighted by Gasteiger charge is 2.01. The van der Waals surface area contributed by atoms with Gasteiger partial charge in [0.2, 0.25) is 0 Å². The van der Waals surface area contributed by atoms with E-state index in [9.17, 15) is 4.79 Å². The van der Waals surface area contributed by atoms with Gasteiger partial charge in [-0.15, -0.1) is 0 Å². The minimum atomic E-state index is -0.992. The summed E-state index contributed by atoms with van der Waals surface area (Å²) in [6, 6.07) is 0. The Bertz CT molecular complexity index is 371. The standard InChI is InChI=1S/C7H12O4.19C2H6O/c1-5(7(8)9)4-11-6(2)10-3;19*1-2-3/h4,6H,1-3H3,(H,8,9);19*3H,2H2,1H3. The second kappa shape index (κ2) is 315. The highest BCUT2D eigenvalue weighted by atomic mass is 16.7. The molecule has 0 aliphatic rings. The summed E-state index contributed by atoms with van der Waals surface area (Å²) in [7, 11) is 1.48. The lowest BCUT2D eigenvalue weighted by Crippen LogP contribution is -2.07. The van der Waals surface area contributed by atoms with Crippen LogP contribution in [0.1, 0.15) is 145 Å². The van der Waals surface area contributed by atoms with Crippen LogP contribution in [0.25, 0.3) is 0 Å². The number of rotatable bonds is 4. The maximum absolute atomic E-state index is 10.2. The van der Waals surface area contributed by atoms with Crippen molar-refractivity contribution in [1.29, 1.82) is 0 Å². The molecule has 0 saturated heterocycles. The Labute approximate surface area is 417 Å². The van der Waals surface area contributed by atoms with E-state index in [2.05, 4.69) is 0 Å². The van der Waals surface area contributed by atoms with Gasteiger partial charge in [-0.3, -0.25) is 0 Å². The normalized spacial score (nSPS) is 7.34. The van der Waals surface area contributed by atoms with Gasteiger partial charge < -0.3 is 112 Å². The minimum Gasteiger partial charge on any atom is -0.478 e. The van der Waals surface area contributed by atoms with Gasteiger partial charge in [-0.2, -0.15) is 0 Å². The average molecular weight is 1040 g/mol. The van der Waals surface area contributed by atoms with Gasteiger partial charge in [0.05, 0.1) is 11.8 Å². The largest absolute Gasteiger partial charge is 0.478 e. The molecule has 20 N–H and O–H groups in total. The van der Waals surface area contributed by atoms with Crippen molar-refractivity contribution in [1.82, 2.24) is 0 Å². The average Bonchev–Trinajstić information content (AvgIpc) is 3.23. The molecule has 0 spiro atoms. The molecule has 0 radical (unpaired) electrons. The molecule has 0 saturated carbocycles. The second-order valence-corrected chi connectivity index (χ2v) is 8.05. The van der Waals surface area contributed by atoms with Crippen LogP contribution in [0.5, 0.6) is 0 Å². The SMILES string of the molecule is CCO.CCO.CCO.CCO.CCO.CCO.CCO.CCO.CCO.CCO.CCO.CCO.CCO.CCO.CCO.CCO.CCO.CCO.CCO.COC(C)OC=C(C)C(=O)O. The number of carbonyl (C=O) groups is 1. The highest BCUT2D eigenvalue weighted by Crippen LogP contribution is 1.97. The van der Waals surface area contributed by atoms with Crippen LogP contribution >= 0.6 is 0 Å². The van der Waals surface area contributed by atoms with Crippen LogP contribution in [0.15, 0.2) is 11.8 Å². The van der Waals surface area contributed by atoms with E-state index in [0.29, 0.717) is 0 Å². The van der Waals surface area contributed by atoms with E-state index in [0.717, 1.165) is 6.26 Å². The molecule has 0 bridgehead atoms. The van der Waals surface area contributed by atoms with Crippen molar-refractivity contribution in [2.75, 3.05) is 133 Å². The van der Waals surface area contributed by atoms with E-state index in [4.69, 9.17) is 112 Å². The predicted molar refractivity (Wildman–Crippen MR) is 281 cm³/mol. The van der Waals surface area contributed by atoms with Gasteiger partial charge in [0.25, 0.3) is 0 Å². The number of hydrogen-bond acceptors (Lipinski definition) is 22. The number of carboxylic acid groups (broad SMARTS) is 1. The Morgan fingerprint density at radius 3 is 0.471 bits per heavy atom. The maximum atomic E-state index is 10.2. The van der Waals surface area contributed by atoms with E-state index in [-0.39, 0.29) is 131 Å². The first-order valence-corrected chi connectivity index (χ1v) is 22.6. The Hall–Kier alpha value is -1.79. The monoisotopic (exact) mass is 1030 g/mol. The molecule has 0 fully saturated rings. The molecular formula is C45H126O23. The van der Waals surface area contributed by atoms with Gasteiger partial charge in [-0.1, -0.05) is 0 Å². The number of aliphatic hydroxyl groups excluding tert-OH is 19. The van der Waals surface area contributed by atoms with Crippen molar-refractivity contribution in [3.05, 3.63) is 11.8 Å². The lowest BCUT2D eigenvalue weighted by atomic mass is 10.3. The summed E-state index contributed by atoms with van der Waals surface area (Å²) in [6.45, 7) is 39.8. The van der Waals surface area contributed by atoms with Crippen LogP contribution in [0.4, 0.5) is 0 Å². The predicted octanol–water partition coefficient (Wildman–Crippen LogP) is 0.957. The van der Waals surface area contributed by atoms with Gasteiger partial charge in [-0.05, 0) is 145 Å². The molecule has 0 aromatic heterocycles. The molecular weight excluding hydrogens is 908 g/mol. The summed E-state index contributed by atoms with van der Waals surface area (Å²) in [4.78, 5) is 10.2. The summed E-state index contributed by atoms with van der Waals surface area (Å²) in [5.41, 5.74) is 0.147.